The summed E-state index contributed by atoms with van der Waals surface area (Å²) in [6.45, 7) is 9.57. The highest BCUT2D eigenvalue weighted by atomic mass is 32.1. The minimum atomic E-state index is -1.03. The van der Waals surface area contributed by atoms with Crippen LogP contribution >= 0.6 is 11.5 Å². The molecule has 3 N–H and O–H groups in total. The maximum atomic E-state index is 10.9. The van der Waals surface area contributed by atoms with Gasteiger partial charge in [-0.15, -0.1) is 5.10 Å². The molecule has 0 saturated carbocycles. The molecular formula is C21H36N2O7S. The highest BCUT2D eigenvalue weighted by Crippen LogP contribution is 2.29. The van der Waals surface area contributed by atoms with Crippen LogP contribution in [0.4, 0.5) is 0 Å². The molecule has 1 rings (SSSR count). The zero-order chi connectivity index (χ0) is 24.4. The normalized spacial score (nSPS) is 11.9. The summed E-state index contributed by atoms with van der Waals surface area (Å²) >= 11 is 1.03. The molecule has 1 atom stereocenters. The number of ketones is 1. The first-order chi connectivity index (χ1) is 14.4. The van der Waals surface area contributed by atoms with E-state index in [1.54, 1.807) is 6.92 Å². The van der Waals surface area contributed by atoms with Crippen LogP contribution in [0.15, 0.2) is 5.38 Å². The van der Waals surface area contributed by atoms with Crippen molar-refractivity contribution < 1.29 is 34.5 Å². The Bertz CT molecular complexity index is 647. The minimum absolute atomic E-state index is 0.00926. The van der Waals surface area contributed by atoms with E-state index >= 15 is 0 Å². The summed E-state index contributed by atoms with van der Waals surface area (Å²) in [5, 5.41) is 30.0. The van der Waals surface area contributed by atoms with Crippen molar-refractivity contribution in [2.75, 3.05) is 0 Å². The van der Waals surface area contributed by atoms with Gasteiger partial charge in [0, 0.05) is 18.2 Å². The molecule has 0 amide bonds. The molecule has 9 nitrogen and oxygen atoms in total. The zero-order valence-electron chi connectivity index (χ0n) is 19.1. The van der Waals surface area contributed by atoms with Gasteiger partial charge in [0.15, 0.2) is 5.69 Å². The second kappa shape index (κ2) is 17.3. The molecule has 0 spiro atoms. The van der Waals surface area contributed by atoms with E-state index in [1.807, 2.05) is 13.8 Å². The third-order valence-electron chi connectivity index (χ3n) is 4.57. The van der Waals surface area contributed by atoms with Crippen LogP contribution in [0.1, 0.15) is 96.5 Å². The molecule has 0 aromatic carbocycles. The fraction of sp³-hybridized carbons (Fsp3) is 0.714. The fourth-order valence-corrected chi connectivity index (χ4v) is 2.56. The summed E-state index contributed by atoms with van der Waals surface area (Å²) in [6, 6.07) is 0. The Morgan fingerprint density at radius 3 is 1.97 bits per heavy atom. The number of carboxylic acid groups (broad SMARTS) is 3. The SMILES string of the molecule is CC(=O)CCCCCC(=O)O.CCC(C)(CCC(C)C)C(=O)O.O=C(O)c1csnn1. The monoisotopic (exact) mass is 460 g/mol. The number of rotatable bonds is 12. The van der Waals surface area contributed by atoms with Crippen LogP contribution in [0, 0.1) is 11.3 Å². The molecule has 178 valence electrons. The van der Waals surface area contributed by atoms with E-state index in [4.69, 9.17) is 15.3 Å². The smallest absolute Gasteiger partial charge is 0.357 e. The molecule has 0 bridgehead atoms. The summed E-state index contributed by atoms with van der Waals surface area (Å²) < 4.78 is 3.35. The first-order valence-corrected chi connectivity index (χ1v) is 11.1. The number of carbonyl (C=O) groups is 4. The van der Waals surface area contributed by atoms with Crippen molar-refractivity contribution in [2.24, 2.45) is 11.3 Å². The molecule has 1 heterocycles. The lowest BCUT2D eigenvalue weighted by Gasteiger charge is -2.23. The molecule has 0 aliphatic rings. The van der Waals surface area contributed by atoms with Gasteiger partial charge in [-0.3, -0.25) is 9.59 Å². The maximum Gasteiger partial charge on any atom is 0.357 e. The number of hydrogen-bond donors (Lipinski definition) is 3. The summed E-state index contributed by atoms with van der Waals surface area (Å²) in [5.41, 5.74) is -0.500. The maximum absolute atomic E-state index is 10.9. The van der Waals surface area contributed by atoms with Gasteiger partial charge in [-0.05, 0) is 63.4 Å². The molecule has 0 radical (unpaired) electrons. The van der Waals surface area contributed by atoms with Crippen molar-refractivity contribution >= 4 is 35.2 Å². The lowest BCUT2D eigenvalue weighted by molar-refractivity contribution is -0.148. The summed E-state index contributed by atoms with van der Waals surface area (Å²) in [4.78, 5) is 41.3. The average Bonchev–Trinajstić information content (AvgIpc) is 3.21. The molecule has 0 fully saturated rings. The van der Waals surface area contributed by atoms with Crippen LogP contribution in [0.25, 0.3) is 0 Å². The number of aliphatic carboxylic acids is 2. The van der Waals surface area contributed by atoms with E-state index in [2.05, 4.69) is 23.4 Å². The van der Waals surface area contributed by atoms with Crippen LogP contribution in [-0.2, 0) is 14.4 Å². The lowest BCUT2D eigenvalue weighted by atomic mass is 9.81. The highest BCUT2D eigenvalue weighted by molar-refractivity contribution is 7.03. The Kier molecular flexibility index (Phi) is 17.2. The van der Waals surface area contributed by atoms with Gasteiger partial charge in [-0.1, -0.05) is 31.7 Å². The number of aromatic carboxylic acids is 1. The van der Waals surface area contributed by atoms with Crippen molar-refractivity contribution in [3.63, 3.8) is 0 Å². The standard InChI is InChI=1S/C10H20O2.C8H14O3.C3H2N2O2S/c1-5-10(4,9(11)12)7-6-8(2)3;1-7(9)5-3-2-4-6-8(10)11;6-3(7)2-1-8-5-4-2/h8H,5-7H2,1-4H3,(H,11,12);2-6H2,1H3,(H,10,11);1H,(H,6,7). The van der Waals surface area contributed by atoms with Gasteiger partial charge in [-0.2, -0.15) is 0 Å². The van der Waals surface area contributed by atoms with Crippen molar-refractivity contribution in [1.82, 2.24) is 9.59 Å². The van der Waals surface area contributed by atoms with Crippen LogP contribution in [0.2, 0.25) is 0 Å². The van der Waals surface area contributed by atoms with Crippen molar-refractivity contribution in [2.45, 2.75) is 86.0 Å². The number of hydrogen-bond acceptors (Lipinski definition) is 7. The van der Waals surface area contributed by atoms with Gasteiger partial charge < -0.3 is 20.1 Å². The van der Waals surface area contributed by atoms with Gasteiger partial charge in [0.05, 0.1) is 5.41 Å². The highest BCUT2D eigenvalue weighted by Gasteiger charge is 2.30. The molecule has 1 unspecified atom stereocenters. The van der Waals surface area contributed by atoms with Crippen LogP contribution in [0.5, 0.6) is 0 Å². The fourth-order valence-electron chi connectivity index (χ4n) is 2.13. The molecule has 0 saturated heterocycles. The lowest BCUT2D eigenvalue weighted by Crippen LogP contribution is -2.26. The Morgan fingerprint density at radius 2 is 1.65 bits per heavy atom. The van der Waals surface area contributed by atoms with Gasteiger partial charge in [0.25, 0.3) is 0 Å². The zero-order valence-corrected chi connectivity index (χ0v) is 19.9. The molecular weight excluding hydrogens is 424 g/mol. The van der Waals surface area contributed by atoms with Gasteiger partial charge in [0.1, 0.15) is 5.78 Å². The molecule has 10 heteroatoms. The van der Waals surface area contributed by atoms with Crippen LogP contribution in [0.3, 0.4) is 0 Å². The minimum Gasteiger partial charge on any atom is -0.481 e. The molecule has 1 aromatic heterocycles. The van der Waals surface area contributed by atoms with Gasteiger partial charge >= 0.3 is 17.9 Å². The van der Waals surface area contributed by atoms with Crippen molar-refractivity contribution in [3.05, 3.63) is 11.1 Å². The molecule has 1 aromatic rings. The number of aromatic nitrogens is 2. The Morgan fingerprint density at radius 1 is 1.06 bits per heavy atom. The Balaban J connectivity index is 0. The Hall–Kier alpha value is -2.36. The second-order valence-corrected chi connectivity index (χ2v) is 8.51. The van der Waals surface area contributed by atoms with Crippen LogP contribution < -0.4 is 0 Å². The van der Waals surface area contributed by atoms with E-state index in [9.17, 15) is 19.2 Å². The number of nitrogens with zero attached hydrogens (tertiary/aromatic N) is 2. The second-order valence-electron chi connectivity index (χ2n) is 7.90. The molecule has 31 heavy (non-hydrogen) atoms. The van der Waals surface area contributed by atoms with E-state index in [0.717, 1.165) is 43.6 Å². The number of carbonyl (C=O) groups excluding carboxylic acids is 1. The number of Topliss-reactive ketones (excluding diaryl/α,β-unsaturated/α-hetero) is 1. The first kappa shape index (κ1) is 30.8. The van der Waals surface area contributed by atoms with Crippen LogP contribution in [-0.4, -0.2) is 48.6 Å². The molecule has 0 aliphatic carbocycles. The molecule has 0 aliphatic heterocycles. The van der Waals surface area contributed by atoms with Crippen molar-refractivity contribution in [1.29, 1.82) is 0 Å². The largest absolute Gasteiger partial charge is 0.481 e. The predicted octanol–water partition coefficient (Wildman–Crippen LogP) is 4.77. The quantitative estimate of drug-likeness (QED) is 0.374. The Labute approximate surface area is 188 Å². The summed E-state index contributed by atoms with van der Waals surface area (Å²) in [5.74, 6) is -1.67. The van der Waals surface area contributed by atoms with E-state index in [0.29, 0.717) is 18.8 Å². The topological polar surface area (TPSA) is 155 Å². The summed E-state index contributed by atoms with van der Waals surface area (Å²) in [7, 11) is 0. The average molecular weight is 461 g/mol. The third-order valence-corrected chi connectivity index (χ3v) is 5.07. The number of unbranched alkanes of at least 4 members (excludes halogenated alkanes) is 2. The van der Waals surface area contributed by atoms with Crippen molar-refractivity contribution in [3.8, 4) is 0 Å². The van der Waals surface area contributed by atoms with E-state index < -0.39 is 23.3 Å². The number of carboxylic acids is 3. The van der Waals surface area contributed by atoms with E-state index in [1.165, 1.54) is 5.38 Å². The summed E-state index contributed by atoms with van der Waals surface area (Å²) in [6.07, 6.45) is 5.65. The van der Waals surface area contributed by atoms with Gasteiger partial charge in [-0.25, -0.2) is 4.79 Å². The van der Waals surface area contributed by atoms with E-state index in [-0.39, 0.29) is 17.9 Å². The third kappa shape index (κ3) is 18.2. The first-order valence-electron chi connectivity index (χ1n) is 10.3. The van der Waals surface area contributed by atoms with Gasteiger partial charge in [0.2, 0.25) is 0 Å². The predicted molar refractivity (Wildman–Crippen MR) is 118 cm³/mol.